The first-order valence-corrected chi connectivity index (χ1v) is 19.5. The molecule has 3 aliphatic carbocycles. The standard InChI is InChI=1S/C42H49NO17/c1-19-25-27(46)31(48)40(8)23(45)17-24-41(18-54-24,58-20(2)44)30(40)33(56-34(49)21-13-10-9-11-14-21)42(39(25,6)7)32(57-37(52)60-42)29(19)55-35(50)28(47)26(22-15-12-16-53-22)43-36(51)59-38(3,4)5/h9-16,23-24,26-30,32-33,45-47H,17-18H2,1-8H3,(H,43,51)/t23-,24+,26+,27+,28+,29+,30-,32-,33-,40+,41-,42+/m0/s1. The number of ketones is 1. The van der Waals surface area contributed by atoms with E-state index >= 15 is 4.79 Å². The minimum Gasteiger partial charge on any atom is -0.467 e. The Balaban J connectivity index is 1.42. The topological polar surface area (TPSA) is 253 Å². The number of hydrogen-bond acceptors (Lipinski definition) is 17. The molecule has 2 aromatic rings. The number of fused-ring (bicyclic) bond motifs is 4. The molecule has 2 saturated heterocycles. The zero-order valence-corrected chi connectivity index (χ0v) is 34.3. The molecule has 1 aromatic heterocycles. The molecule has 2 saturated carbocycles. The van der Waals surface area contributed by atoms with Gasteiger partial charge in [-0.15, -0.1) is 0 Å². The highest BCUT2D eigenvalue weighted by molar-refractivity contribution is 5.94. The van der Waals surface area contributed by atoms with Crippen molar-refractivity contribution in [2.24, 2.45) is 16.7 Å². The van der Waals surface area contributed by atoms with E-state index in [1.54, 1.807) is 39.0 Å². The number of rotatable bonds is 8. The zero-order chi connectivity index (χ0) is 43.9. The van der Waals surface area contributed by atoms with Crippen LogP contribution in [0, 0.1) is 16.7 Å². The van der Waals surface area contributed by atoms with Crippen LogP contribution in [0.25, 0.3) is 0 Å². The average molecular weight is 840 g/mol. The Labute approximate surface area is 344 Å². The van der Waals surface area contributed by atoms with E-state index in [1.807, 2.05) is 0 Å². The first kappa shape index (κ1) is 42.8. The highest BCUT2D eigenvalue weighted by Gasteiger charge is 2.83. The van der Waals surface area contributed by atoms with Gasteiger partial charge in [-0.2, -0.15) is 0 Å². The lowest BCUT2D eigenvalue weighted by Crippen LogP contribution is -2.83. The highest BCUT2D eigenvalue weighted by Crippen LogP contribution is 2.66. The second kappa shape index (κ2) is 14.7. The molecule has 2 bridgehead atoms. The summed E-state index contributed by atoms with van der Waals surface area (Å²) in [7, 11) is 0. The van der Waals surface area contributed by atoms with Crippen molar-refractivity contribution in [2.45, 2.75) is 127 Å². The van der Waals surface area contributed by atoms with Crippen molar-refractivity contribution in [1.82, 2.24) is 5.32 Å². The second-order valence-electron chi connectivity index (χ2n) is 17.7. The van der Waals surface area contributed by atoms with Gasteiger partial charge in [-0.25, -0.2) is 19.2 Å². The molecule has 324 valence electrons. The van der Waals surface area contributed by atoms with E-state index in [2.05, 4.69) is 5.32 Å². The number of benzene rings is 1. The van der Waals surface area contributed by atoms with Crippen LogP contribution in [0.4, 0.5) is 9.59 Å². The molecule has 3 heterocycles. The van der Waals surface area contributed by atoms with Crippen LogP contribution in [-0.4, -0.2) is 117 Å². The van der Waals surface area contributed by atoms with E-state index in [-0.39, 0.29) is 35.5 Å². The fourth-order valence-corrected chi connectivity index (χ4v) is 10.1. The Morgan fingerprint density at radius 1 is 0.983 bits per heavy atom. The van der Waals surface area contributed by atoms with Gasteiger partial charge in [0.2, 0.25) is 5.60 Å². The summed E-state index contributed by atoms with van der Waals surface area (Å²) in [6, 6.07) is 8.95. The summed E-state index contributed by atoms with van der Waals surface area (Å²) in [5.41, 5.74) is -9.11. The van der Waals surface area contributed by atoms with Crippen LogP contribution >= 0.6 is 0 Å². The van der Waals surface area contributed by atoms with E-state index in [0.717, 1.165) is 6.92 Å². The molecular weight excluding hydrogens is 790 g/mol. The SMILES string of the molecule is CC(=O)O[C@@]12CO[C@@H]1C[C@H](O)[C@@]1(C)C(=O)[C@H](O)C3=C(C)[C@@H](OC(=O)[C@H](O)[C@H](NC(=O)OC(C)(C)C)c4ccco4)[C@@H]4OC(=O)O[C@]4([C@@H](OC(=O)c4ccccc4)[C@H]21)C3(C)C. The number of ether oxygens (including phenoxy) is 7. The third-order valence-electron chi connectivity index (χ3n) is 12.7. The van der Waals surface area contributed by atoms with E-state index in [1.165, 1.54) is 58.2 Å². The fraction of sp³-hybridized carbons (Fsp3) is 0.571. The van der Waals surface area contributed by atoms with Gasteiger partial charge >= 0.3 is 30.2 Å². The van der Waals surface area contributed by atoms with Crippen LogP contribution in [0.1, 0.15) is 84.0 Å². The van der Waals surface area contributed by atoms with Crippen molar-refractivity contribution in [1.29, 1.82) is 0 Å². The van der Waals surface area contributed by atoms with Gasteiger partial charge in [0.1, 0.15) is 29.6 Å². The number of aliphatic hydroxyl groups excluding tert-OH is 3. The molecule has 1 amide bonds. The first-order valence-electron chi connectivity index (χ1n) is 19.5. The Bertz CT molecular complexity index is 2110. The largest absolute Gasteiger partial charge is 0.509 e. The lowest BCUT2D eigenvalue weighted by molar-refractivity contribution is -0.345. The Morgan fingerprint density at radius 2 is 1.67 bits per heavy atom. The van der Waals surface area contributed by atoms with E-state index in [0.29, 0.717) is 0 Å². The number of alkyl carbamates (subject to hydrolysis) is 1. The van der Waals surface area contributed by atoms with Crippen molar-refractivity contribution in [3.63, 3.8) is 0 Å². The molecule has 0 unspecified atom stereocenters. The molecule has 60 heavy (non-hydrogen) atoms. The molecule has 12 atom stereocenters. The quantitative estimate of drug-likeness (QED) is 0.169. The predicted molar refractivity (Wildman–Crippen MR) is 200 cm³/mol. The van der Waals surface area contributed by atoms with Crippen molar-refractivity contribution in [2.75, 3.05) is 6.61 Å². The number of nitrogens with one attached hydrogen (secondary N) is 1. The van der Waals surface area contributed by atoms with Crippen LogP contribution in [0.15, 0.2) is 64.3 Å². The monoisotopic (exact) mass is 839 g/mol. The van der Waals surface area contributed by atoms with Gasteiger partial charge in [-0.05, 0) is 70.0 Å². The molecule has 4 fully saturated rings. The third-order valence-corrected chi connectivity index (χ3v) is 12.7. The lowest BCUT2D eigenvalue weighted by atomic mass is 9.44. The number of furan rings is 1. The minimum atomic E-state index is -2.35. The summed E-state index contributed by atoms with van der Waals surface area (Å²) in [5, 5.41) is 38.3. The van der Waals surface area contributed by atoms with Crippen LogP contribution in [0.5, 0.6) is 0 Å². The third kappa shape index (κ3) is 6.46. The number of esters is 3. The molecule has 18 nitrogen and oxygen atoms in total. The summed E-state index contributed by atoms with van der Waals surface area (Å²) in [4.78, 5) is 83.3. The fourth-order valence-electron chi connectivity index (χ4n) is 10.1. The zero-order valence-electron chi connectivity index (χ0n) is 34.3. The maximum atomic E-state index is 15.1. The van der Waals surface area contributed by atoms with E-state index < -0.39 is 118 Å². The number of amides is 1. The number of carbonyl (C=O) groups excluding carboxylic acids is 6. The lowest BCUT2D eigenvalue weighted by Gasteiger charge is -2.67. The van der Waals surface area contributed by atoms with Gasteiger partial charge in [0.05, 0.1) is 35.9 Å². The maximum absolute atomic E-state index is 15.1. The molecule has 4 N–H and O–H groups in total. The number of hydrogen-bond donors (Lipinski definition) is 4. The molecule has 0 radical (unpaired) electrons. The molecule has 5 aliphatic rings. The van der Waals surface area contributed by atoms with E-state index in [4.69, 9.17) is 37.6 Å². The van der Waals surface area contributed by atoms with Gasteiger partial charge in [0, 0.05) is 18.8 Å². The summed E-state index contributed by atoms with van der Waals surface area (Å²) in [6.07, 6.45) is -13.8. The number of Topliss-reactive ketones (excluding diaryl/α,β-unsaturated/α-hetero) is 1. The van der Waals surface area contributed by atoms with Gasteiger partial charge in [0.15, 0.2) is 35.8 Å². The van der Waals surface area contributed by atoms with Gasteiger partial charge in [0.25, 0.3) is 0 Å². The van der Waals surface area contributed by atoms with Crippen LogP contribution in [0.2, 0.25) is 0 Å². The van der Waals surface area contributed by atoms with Gasteiger partial charge in [-0.1, -0.05) is 32.0 Å². The molecular formula is C42H49NO17. The Morgan fingerprint density at radius 3 is 2.25 bits per heavy atom. The van der Waals surface area contributed by atoms with Crippen molar-refractivity contribution < 1.29 is 81.7 Å². The molecule has 1 spiro atoms. The van der Waals surface area contributed by atoms with Crippen LogP contribution < -0.4 is 5.32 Å². The summed E-state index contributed by atoms with van der Waals surface area (Å²) in [6.45, 7) is 11.4. The maximum Gasteiger partial charge on any atom is 0.509 e. The smallest absolute Gasteiger partial charge is 0.467 e. The number of carbonyl (C=O) groups is 6. The van der Waals surface area contributed by atoms with E-state index in [9.17, 15) is 39.3 Å². The van der Waals surface area contributed by atoms with Crippen molar-refractivity contribution in [3.8, 4) is 0 Å². The van der Waals surface area contributed by atoms with Crippen LogP contribution in [0.3, 0.4) is 0 Å². The predicted octanol–water partition coefficient (Wildman–Crippen LogP) is 3.01. The molecule has 18 heteroatoms. The van der Waals surface area contributed by atoms with Gasteiger partial charge < -0.3 is 58.2 Å². The van der Waals surface area contributed by atoms with Crippen molar-refractivity contribution in [3.05, 3.63) is 71.2 Å². The molecule has 1 aromatic carbocycles. The Hall–Kier alpha value is -5.30. The normalized spacial score (nSPS) is 35.0. The highest BCUT2D eigenvalue weighted by atomic mass is 16.8. The van der Waals surface area contributed by atoms with Gasteiger partial charge in [-0.3, -0.25) is 9.59 Å². The molecule has 7 rings (SSSR count). The van der Waals surface area contributed by atoms with Crippen LogP contribution in [-0.2, 0) is 47.5 Å². The van der Waals surface area contributed by atoms with Crippen molar-refractivity contribution >= 4 is 35.9 Å². The number of aliphatic hydroxyl groups is 3. The average Bonchev–Trinajstić information content (AvgIpc) is 3.83. The first-order chi connectivity index (χ1) is 28.0. The second-order valence-corrected chi connectivity index (χ2v) is 17.7. The minimum absolute atomic E-state index is 0.00462. The summed E-state index contributed by atoms with van der Waals surface area (Å²) in [5.74, 6) is -5.85. The molecule has 2 aliphatic heterocycles. The Kier molecular flexibility index (Phi) is 10.5. The summed E-state index contributed by atoms with van der Waals surface area (Å²) >= 11 is 0. The summed E-state index contributed by atoms with van der Waals surface area (Å²) < 4.78 is 47.2.